The lowest BCUT2D eigenvalue weighted by Gasteiger charge is -2.26. The van der Waals surface area contributed by atoms with Gasteiger partial charge >= 0.3 is 0 Å². The van der Waals surface area contributed by atoms with E-state index in [4.69, 9.17) is 16.3 Å². The molecule has 5 heteroatoms. The van der Waals surface area contributed by atoms with Gasteiger partial charge in [0.1, 0.15) is 5.15 Å². The SMILES string of the molecule is CCCc1cc(C(=O)NC2COC2)cc(Cl)n1. The van der Waals surface area contributed by atoms with Gasteiger partial charge in [-0.15, -0.1) is 0 Å². The van der Waals surface area contributed by atoms with E-state index in [9.17, 15) is 4.79 Å². The van der Waals surface area contributed by atoms with Crippen LogP contribution in [0.2, 0.25) is 5.15 Å². The molecule has 0 aromatic carbocycles. The maximum atomic E-state index is 11.9. The van der Waals surface area contributed by atoms with Crippen molar-refractivity contribution >= 4 is 17.5 Å². The van der Waals surface area contributed by atoms with Crippen LogP contribution in [0, 0.1) is 0 Å². The third-order valence-electron chi connectivity index (χ3n) is 2.59. The van der Waals surface area contributed by atoms with Gasteiger partial charge in [-0.3, -0.25) is 4.79 Å². The highest BCUT2D eigenvalue weighted by Gasteiger charge is 2.21. The highest BCUT2D eigenvalue weighted by molar-refractivity contribution is 6.29. The van der Waals surface area contributed by atoms with E-state index in [-0.39, 0.29) is 11.9 Å². The molecule has 1 aromatic rings. The first-order chi connectivity index (χ1) is 8.19. The van der Waals surface area contributed by atoms with Gasteiger partial charge in [-0.2, -0.15) is 0 Å². The molecule has 1 aliphatic rings. The Hall–Kier alpha value is -1.13. The Kier molecular flexibility index (Phi) is 3.97. The van der Waals surface area contributed by atoms with Crippen LogP contribution in [-0.4, -0.2) is 30.1 Å². The van der Waals surface area contributed by atoms with Crippen molar-refractivity contribution in [3.8, 4) is 0 Å². The minimum Gasteiger partial charge on any atom is -0.377 e. The smallest absolute Gasteiger partial charge is 0.251 e. The van der Waals surface area contributed by atoms with Crippen molar-refractivity contribution in [1.29, 1.82) is 0 Å². The van der Waals surface area contributed by atoms with E-state index in [1.807, 2.05) is 0 Å². The number of hydrogen-bond acceptors (Lipinski definition) is 3. The molecule has 1 N–H and O–H groups in total. The fourth-order valence-corrected chi connectivity index (χ4v) is 1.88. The Morgan fingerprint density at radius 3 is 2.94 bits per heavy atom. The van der Waals surface area contributed by atoms with Crippen molar-refractivity contribution in [3.05, 3.63) is 28.5 Å². The van der Waals surface area contributed by atoms with Crippen LogP contribution in [0.1, 0.15) is 29.4 Å². The Balaban J connectivity index is 2.09. The monoisotopic (exact) mass is 254 g/mol. The number of hydrogen-bond donors (Lipinski definition) is 1. The quantitative estimate of drug-likeness (QED) is 0.834. The molecule has 2 rings (SSSR count). The number of carbonyl (C=O) groups is 1. The van der Waals surface area contributed by atoms with E-state index in [1.165, 1.54) is 0 Å². The average Bonchev–Trinajstić information content (AvgIpc) is 2.23. The summed E-state index contributed by atoms with van der Waals surface area (Å²) in [6.45, 7) is 3.24. The maximum absolute atomic E-state index is 11.9. The van der Waals surface area contributed by atoms with Gasteiger partial charge in [-0.05, 0) is 18.6 Å². The molecule has 92 valence electrons. The third-order valence-corrected chi connectivity index (χ3v) is 2.78. The summed E-state index contributed by atoms with van der Waals surface area (Å²) >= 11 is 5.90. The van der Waals surface area contributed by atoms with Crippen molar-refractivity contribution < 1.29 is 9.53 Å². The summed E-state index contributed by atoms with van der Waals surface area (Å²) < 4.78 is 5.00. The molecule has 17 heavy (non-hydrogen) atoms. The molecule has 0 aliphatic carbocycles. The number of aryl methyl sites for hydroxylation is 1. The van der Waals surface area contributed by atoms with Crippen LogP contribution in [-0.2, 0) is 11.2 Å². The molecule has 1 aromatic heterocycles. The van der Waals surface area contributed by atoms with E-state index in [2.05, 4.69) is 17.2 Å². The molecule has 0 unspecified atom stereocenters. The molecule has 0 bridgehead atoms. The van der Waals surface area contributed by atoms with Gasteiger partial charge < -0.3 is 10.1 Å². The standard InChI is InChI=1S/C12H15ClN2O2/c1-2-3-9-4-8(5-11(13)14-9)12(16)15-10-6-17-7-10/h4-5,10H,2-3,6-7H2,1H3,(H,15,16). The summed E-state index contributed by atoms with van der Waals surface area (Å²) in [4.78, 5) is 16.1. The summed E-state index contributed by atoms with van der Waals surface area (Å²) in [5, 5.41) is 3.25. The van der Waals surface area contributed by atoms with Crippen molar-refractivity contribution in [2.75, 3.05) is 13.2 Å². The number of nitrogens with zero attached hydrogens (tertiary/aromatic N) is 1. The molecule has 0 saturated carbocycles. The lowest BCUT2D eigenvalue weighted by atomic mass is 10.1. The molecule has 1 saturated heterocycles. The predicted octanol–water partition coefficient (Wildman–Crippen LogP) is 1.82. The van der Waals surface area contributed by atoms with Crippen LogP contribution in [0.4, 0.5) is 0 Å². The maximum Gasteiger partial charge on any atom is 0.251 e. The zero-order valence-corrected chi connectivity index (χ0v) is 10.5. The van der Waals surface area contributed by atoms with Crippen LogP contribution in [0.25, 0.3) is 0 Å². The molecule has 2 heterocycles. The number of rotatable bonds is 4. The van der Waals surface area contributed by atoms with Crippen LogP contribution in [0.5, 0.6) is 0 Å². The Morgan fingerprint density at radius 1 is 1.59 bits per heavy atom. The second kappa shape index (κ2) is 5.47. The van der Waals surface area contributed by atoms with Crippen molar-refractivity contribution in [3.63, 3.8) is 0 Å². The number of carbonyl (C=O) groups excluding carboxylic acids is 1. The second-order valence-corrected chi connectivity index (χ2v) is 4.51. The zero-order chi connectivity index (χ0) is 12.3. The first kappa shape index (κ1) is 12.3. The van der Waals surface area contributed by atoms with Gasteiger partial charge in [0.15, 0.2) is 0 Å². The van der Waals surface area contributed by atoms with E-state index < -0.39 is 0 Å². The number of ether oxygens (including phenoxy) is 1. The number of amides is 1. The Labute approximate surface area is 105 Å². The summed E-state index contributed by atoms with van der Waals surface area (Å²) in [7, 11) is 0. The Morgan fingerprint density at radius 2 is 2.35 bits per heavy atom. The van der Waals surface area contributed by atoms with Gasteiger partial charge in [-0.25, -0.2) is 4.98 Å². The minimum atomic E-state index is -0.111. The Bertz CT molecular complexity index is 419. The first-order valence-corrected chi connectivity index (χ1v) is 6.12. The molecule has 1 amide bonds. The van der Waals surface area contributed by atoms with E-state index in [1.54, 1.807) is 12.1 Å². The molecule has 1 fully saturated rings. The fraction of sp³-hybridized carbons (Fsp3) is 0.500. The number of aromatic nitrogens is 1. The summed E-state index contributed by atoms with van der Waals surface area (Å²) in [6, 6.07) is 3.52. The van der Waals surface area contributed by atoms with E-state index in [0.29, 0.717) is 23.9 Å². The predicted molar refractivity (Wildman–Crippen MR) is 65.3 cm³/mol. The molecule has 4 nitrogen and oxygen atoms in total. The van der Waals surface area contributed by atoms with Gasteiger partial charge in [0.25, 0.3) is 5.91 Å². The van der Waals surface area contributed by atoms with Crippen molar-refractivity contribution in [2.24, 2.45) is 0 Å². The van der Waals surface area contributed by atoms with Gasteiger partial charge in [-0.1, -0.05) is 24.9 Å². The van der Waals surface area contributed by atoms with Crippen molar-refractivity contribution in [2.45, 2.75) is 25.8 Å². The summed E-state index contributed by atoms with van der Waals surface area (Å²) in [5.41, 5.74) is 1.43. The van der Waals surface area contributed by atoms with E-state index in [0.717, 1.165) is 18.5 Å². The minimum absolute atomic E-state index is 0.111. The first-order valence-electron chi connectivity index (χ1n) is 5.74. The molecule has 1 aliphatic heterocycles. The fourth-order valence-electron chi connectivity index (χ4n) is 1.65. The normalized spacial score (nSPS) is 15.4. The molecule has 0 radical (unpaired) electrons. The number of nitrogens with one attached hydrogen (secondary N) is 1. The molecular weight excluding hydrogens is 240 g/mol. The van der Waals surface area contributed by atoms with Crippen LogP contribution >= 0.6 is 11.6 Å². The topological polar surface area (TPSA) is 51.2 Å². The van der Waals surface area contributed by atoms with Crippen LogP contribution in [0.15, 0.2) is 12.1 Å². The average molecular weight is 255 g/mol. The van der Waals surface area contributed by atoms with Crippen molar-refractivity contribution in [1.82, 2.24) is 10.3 Å². The van der Waals surface area contributed by atoms with Crippen LogP contribution < -0.4 is 5.32 Å². The second-order valence-electron chi connectivity index (χ2n) is 4.13. The zero-order valence-electron chi connectivity index (χ0n) is 9.70. The summed E-state index contributed by atoms with van der Waals surface area (Å²) in [5.74, 6) is -0.111. The molecular formula is C12H15ClN2O2. The highest BCUT2D eigenvalue weighted by atomic mass is 35.5. The van der Waals surface area contributed by atoms with Crippen LogP contribution in [0.3, 0.4) is 0 Å². The third kappa shape index (κ3) is 3.17. The lowest BCUT2D eigenvalue weighted by molar-refractivity contribution is -0.00346. The number of halogens is 1. The summed E-state index contributed by atoms with van der Waals surface area (Å²) in [6.07, 6.45) is 1.80. The van der Waals surface area contributed by atoms with Gasteiger partial charge in [0.2, 0.25) is 0 Å². The highest BCUT2D eigenvalue weighted by Crippen LogP contribution is 2.13. The van der Waals surface area contributed by atoms with E-state index >= 15 is 0 Å². The van der Waals surface area contributed by atoms with Gasteiger partial charge in [0.05, 0.1) is 19.3 Å². The molecule has 0 spiro atoms. The van der Waals surface area contributed by atoms with Gasteiger partial charge in [0, 0.05) is 11.3 Å². The number of pyridine rings is 1. The largest absolute Gasteiger partial charge is 0.377 e. The molecule has 0 atom stereocenters. The lowest BCUT2D eigenvalue weighted by Crippen LogP contribution is -2.48.